The highest BCUT2D eigenvalue weighted by Gasteiger charge is 2.72. The van der Waals surface area contributed by atoms with Crippen molar-refractivity contribution in [1.82, 2.24) is 4.70 Å². The summed E-state index contributed by atoms with van der Waals surface area (Å²) in [5, 5.41) is 3.77. The second-order valence-corrected chi connectivity index (χ2v) is 10.1. The molecule has 3 aliphatic heterocycles. The van der Waals surface area contributed by atoms with E-state index in [-0.39, 0.29) is 5.41 Å². The van der Waals surface area contributed by atoms with Crippen LogP contribution in [0.4, 0.5) is 11.4 Å². The molecule has 2 aromatic heterocycles. The van der Waals surface area contributed by atoms with Gasteiger partial charge in [0, 0.05) is 18.2 Å². The minimum atomic E-state index is 0.00189. The zero-order valence-corrected chi connectivity index (χ0v) is 18.3. The summed E-state index contributed by atoms with van der Waals surface area (Å²) in [4.78, 5) is 0. The lowest BCUT2D eigenvalue weighted by atomic mass is 9.82. The van der Waals surface area contributed by atoms with E-state index < -0.39 is 0 Å². The molecule has 32 heavy (non-hydrogen) atoms. The predicted molar refractivity (Wildman–Crippen MR) is 125 cm³/mol. The van der Waals surface area contributed by atoms with Crippen molar-refractivity contribution >= 4 is 33.1 Å². The number of benzene rings is 3. The SMILES string of the molecule is CC(C)(C)c1ccc2c3c1-c1cccc[n+]1[N+]31c3c(ccc4ccc5ccc[n+]1c5c34)O2. The number of aromatic nitrogens is 2. The maximum absolute atomic E-state index is 6.64. The predicted octanol–water partition coefficient (Wildman–Crippen LogP) is 5.83. The Labute approximate surface area is 185 Å². The van der Waals surface area contributed by atoms with Gasteiger partial charge in [-0.05, 0) is 52.8 Å². The molecule has 4 heteroatoms. The summed E-state index contributed by atoms with van der Waals surface area (Å²) >= 11 is 0. The van der Waals surface area contributed by atoms with Gasteiger partial charge < -0.3 is 4.74 Å². The molecule has 1 unspecified atom stereocenters. The summed E-state index contributed by atoms with van der Waals surface area (Å²) < 4.78 is 12.0. The molecule has 0 saturated carbocycles. The first kappa shape index (κ1) is 16.9. The standard InChI is InChI=1S/C28H22N3O/c1-28(2,3)19-12-14-22-27-24(19)20-8-4-5-15-29(20)31(27)26-21(32-22)13-11-17-9-10-18-7-6-16-30(31)25(18)23(17)26/h4-16H,1-3H3/q+3. The molecule has 4 nitrogen and oxygen atoms in total. The minimum Gasteiger partial charge on any atom is -0.444 e. The van der Waals surface area contributed by atoms with Crippen molar-refractivity contribution in [3.8, 4) is 22.8 Å². The number of rotatable bonds is 0. The van der Waals surface area contributed by atoms with E-state index in [2.05, 4.69) is 109 Å². The van der Waals surface area contributed by atoms with Crippen molar-refractivity contribution in [3.63, 3.8) is 0 Å². The molecule has 8 rings (SSSR count). The Morgan fingerprint density at radius 3 is 2.34 bits per heavy atom. The van der Waals surface area contributed by atoms with Crippen LogP contribution in [0.25, 0.3) is 32.9 Å². The molecule has 3 aromatic carbocycles. The molecule has 1 atom stereocenters. The fourth-order valence-corrected chi connectivity index (χ4v) is 6.19. The summed E-state index contributed by atoms with van der Waals surface area (Å²) in [6.07, 6.45) is 4.44. The van der Waals surface area contributed by atoms with E-state index in [1.54, 1.807) is 0 Å². The second-order valence-electron chi connectivity index (χ2n) is 10.1. The van der Waals surface area contributed by atoms with Crippen LogP contribution in [0.5, 0.6) is 11.5 Å². The van der Waals surface area contributed by atoms with Crippen LogP contribution in [0.2, 0.25) is 0 Å². The smallest absolute Gasteiger partial charge is 0.318 e. The Balaban J connectivity index is 1.70. The van der Waals surface area contributed by atoms with Crippen molar-refractivity contribution in [2.75, 3.05) is 0 Å². The molecule has 0 amide bonds. The normalized spacial score (nSPS) is 18.8. The van der Waals surface area contributed by atoms with E-state index in [1.807, 2.05) is 0 Å². The molecule has 0 saturated heterocycles. The molecular weight excluding hydrogens is 394 g/mol. The van der Waals surface area contributed by atoms with Gasteiger partial charge in [-0.25, -0.2) is 0 Å². The third kappa shape index (κ3) is 1.60. The van der Waals surface area contributed by atoms with Gasteiger partial charge in [-0.1, -0.05) is 32.9 Å². The van der Waals surface area contributed by atoms with Crippen LogP contribution in [0.15, 0.2) is 79.1 Å². The zero-order chi connectivity index (χ0) is 21.4. The van der Waals surface area contributed by atoms with Crippen LogP contribution in [0.3, 0.4) is 0 Å². The monoisotopic (exact) mass is 416 g/mol. The van der Waals surface area contributed by atoms with Crippen LogP contribution in [0, 0.1) is 0 Å². The Morgan fingerprint density at radius 1 is 0.719 bits per heavy atom. The number of ether oxygens (including phenoxy) is 1. The van der Waals surface area contributed by atoms with Crippen molar-refractivity contribution in [3.05, 3.63) is 84.7 Å². The van der Waals surface area contributed by atoms with Gasteiger partial charge in [-0.15, -0.1) is 0 Å². The number of nitrogens with zero attached hydrogens (tertiary/aromatic N) is 3. The Morgan fingerprint density at radius 2 is 1.47 bits per heavy atom. The topological polar surface area (TPSA) is 17.0 Å². The summed E-state index contributed by atoms with van der Waals surface area (Å²) in [7, 11) is 0. The molecule has 1 spiro atoms. The average Bonchev–Trinajstić information content (AvgIpc) is 3.28. The Kier molecular flexibility index (Phi) is 2.64. The van der Waals surface area contributed by atoms with E-state index in [0.717, 1.165) is 11.5 Å². The second kappa shape index (κ2) is 5.00. The van der Waals surface area contributed by atoms with Gasteiger partial charge in [-0.3, -0.25) is 0 Å². The molecule has 0 radical (unpaired) electrons. The highest BCUT2D eigenvalue weighted by Crippen LogP contribution is 2.61. The molecule has 0 fully saturated rings. The highest BCUT2D eigenvalue weighted by atomic mass is 16.5. The summed E-state index contributed by atoms with van der Waals surface area (Å²) in [5.74, 6) is 1.86. The van der Waals surface area contributed by atoms with Crippen LogP contribution >= 0.6 is 0 Å². The molecule has 152 valence electrons. The van der Waals surface area contributed by atoms with E-state index >= 15 is 0 Å². The number of hydrogen-bond donors (Lipinski definition) is 0. The first-order valence-corrected chi connectivity index (χ1v) is 11.2. The van der Waals surface area contributed by atoms with Gasteiger partial charge in [0.1, 0.15) is 10.9 Å². The summed E-state index contributed by atoms with van der Waals surface area (Å²) in [5.41, 5.74) is 7.52. The Hall–Kier alpha value is -3.76. The van der Waals surface area contributed by atoms with Crippen LogP contribution < -0.4 is 18.8 Å². The van der Waals surface area contributed by atoms with Crippen molar-refractivity contribution in [2.45, 2.75) is 26.2 Å². The third-order valence-corrected chi connectivity index (χ3v) is 7.37. The van der Waals surface area contributed by atoms with E-state index in [9.17, 15) is 0 Å². The maximum Gasteiger partial charge on any atom is 0.318 e. The average molecular weight is 417 g/mol. The zero-order valence-electron chi connectivity index (χ0n) is 18.3. The van der Waals surface area contributed by atoms with Crippen molar-refractivity contribution in [1.29, 1.82) is 0 Å². The van der Waals surface area contributed by atoms with Gasteiger partial charge in [0.2, 0.25) is 23.9 Å². The van der Waals surface area contributed by atoms with E-state index in [4.69, 9.17) is 4.74 Å². The number of pyridine rings is 2. The fraction of sp³-hybridized carbons (Fsp3) is 0.143. The minimum absolute atomic E-state index is 0.00189. The lowest BCUT2D eigenvalue weighted by molar-refractivity contribution is -1.02. The number of hydrogen-bond acceptors (Lipinski definition) is 1. The quantitative estimate of drug-likeness (QED) is 0.173. The molecule has 0 bridgehead atoms. The van der Waals surface area contributed by atoms with Crippen molar-refractivity contribution < 1.29 is 14.1 Å². The molecule has 5 aromatic rings. The van der Waals surface area contributed by atoms with E-state index in [1.165, 1.54) is 49.9 Å². The van der Waals surface area contributed by atoms with Gasteiger partial charge in [0.25, 0.3) is 11.2 Å². The fourth-order valence-electron chi connectivity index (χ4n) is 6.19. The van der Waals surface area contributed by atoms with Crippen LogP contribution in [0.1, 0.15) is 26.3 Å². The third-order valence-electron chi connectivity index (χ3n) is 7.37. The summed E-state index contributed by atoms with van der Waals surface area (Å²) in [6, 6.07) is 24.1. The Bertz CT molecular complexity index is 1700. The number of fused-ring (bicyclic) bond motifs is 2. The van der Waals surface area contributed by atoms with Gasteiger partial charge >= 0.3 is 11.4 Å². The molecule has 0 aliphatic carbocycles. The highest BCUT2D eigenvalue weighted by molar-refractivity contribution is 6.14. The van der Waals surface area contributed by atoms with Crippen LogP contribution in [-0.4, -0.2) is 0 Å². The first-order valence-electron chi connectivity index (χ1n) is 11.2. The lowest BCUT2D eigenvalue weighted by Crippen LogP contribution is -2.81. The van der Waals surface area contributed by atoms with Gasteiger partial charge in [0.15, 0.2) is 4.70 Å². The molecule has 3 aliphatic rings. The molecular formula is C28H22N3O+3. The molecule has 5 heterocycles. The van der Waals surface area contributed by atoms with E-state index in [0.29, 0.717) is 4.70 Å². The number of quaternary nitrogens is 1. The largest absolute Gasteiger partial charge is 0.444 e. The summed E-state index contributed by atoms with van der Waals surface area (Å²) in [6.45, 7) is 6.89. The lowest BCUT2D eigenvalue weighted by Gasteiger charge is -2.25. The maximum atomic E-state index is 6.64. The molecule has 0 N–H and O–H groups in total. The first-order chi connectivity index (χ1) is 15.5. The van der Waals surface area contributed by atoms with Crippen LogP contribution in [-0.2, 0) is 5.41 Å². The van der Waals surface area contributed by atoms with Gasteiger partial charge in [0.05, 0.1) is 14.7 Å². The van der Waals surface area contributed by atoms with Crippen molar-refractivity contribution in [2.24, 2.45) is 0 Å². The van der Waals surface area contributed by atoms with Gasteiger partial charge in [-0.2, -0.15) is 0 Å².